The molecule has 0 N–H and O–H groups in total. The van der Waals surface area contributed by atoms with E-state index in [9.17, 15) is 10.1 Å². The summed E-state index contributed by atoms with van der Waals surface area (Å²) < 4.78 is 5.65. The third kappa shape index (κ3) is 2.33. The van der Waals surface area contributed by atoms with Gasteiger partial charge >= 0.3 is 0 Å². The summed E-state index contributed by atoms with van der Waals surface area (Å²) in [4.78, 5) is 10.2. The van der Waals surface area contributed by atoms with Crippen molar-refractivity contribution in [2.45, 2.75) is 12.2 Å². The SMILES string of the molecule is C=C(c1ccccc1)[C@@H]1O[C@H]1c1ccc([N+](=O)[O-])cc1. The summed E-state index contributed by atoms with van der Waals surface area (Å²) in [7, 11) is 0. The van der Waals surface area contributed by atoms with E-state index in [1.54, 1.807) is 12.1 Å². The highest BCUT2D eigenvalue weighted by atomic mass is 16.6. The molecular formula is C16H13NO3. The molecule has 1 aliphatic rings. The van der Waals surface area contributed by atoms with Gasteiger partial charge in [0.2, 0.25) is 0 Å². The van der Waals surface area contributed by atoms with Crippen molar-refractivity contribution in [1.29, 1.82) is 0 Å². The lowest BCUT2D eigenvalue weighted by Gasteiger charge is -2.01. The maximum absolute atomic E-state index is 10.6. The van der Waals surface area contributed by atoms with E-state index in [1.165, 1.54) is 12.1 Å². The molecule has 0 amide bonds. The Bertz CT molecular complexity index is 649. The lowest BCUT2D eigenvalue weighted by molar-refractivity contribution is -0.384. The molecule has 20 heavy (non-hydrogen) atoms. The van der Waals surface area contributed by atoms with Crippen LogP contribution in [0.25, 0.3) is 5.57 Å². The fourth-order valence-corrected chi connectivity index (χ4v) is 2.23. The van der Waals surface area contributed by atoms with Gasteiger partial charge in [-0.1, -0.05) is 36.9 Å². The van der Waals surface area contributed by atoms with E-state index >= 15 is 0 Å². The average Bonchev–Trinajstić information content (AvgIpc) is 3.28. The Morgan fingerprint density at radius 1 is 1.10 bits per heavy atom. The largest absolute Gasteiger partial charge is 0.359 e. The number of nitrogens with zero attached hydrogens (tertiary/aromatic N) is 1. The Morgan fingerprint density at radius 3 is 2.35 bits per heavy atom. The first kappa shape index (κ1) is 12.6. The third-order valence-electron chi connectivity index (χ3n) is 3.41. The van der Waals surface area contributed by atoms with Crippen molar-refractivity contribution in [3.05, 3.63) is 82.4 Å². The summed E-state index contributed by atoms with van der Waals surface area (Å²) in [5, 5.41) is 10.6. The van der Waals surface area contributed by atoms with E-state index < -0.39 is 4.92 Å². The number of benzene rings is 2. The molecule has 0 radical (unpaired) electrons. The summed E-state index contributed by atoms with van der Waals surface area (Å²) in [5.74, 6) is 0. The Morgan fingerprint density at radius 2 is 1.75 bits per heavy atom. The second-order valence-electron chi connectivity index (χ2n) is 4.72. The van der Waals surface area contributed by atoms with Crippen LogP contribution in [0.2, 0.25) is 0 Å². The highest BCUT2D eigenvalue weighted by Gasteiger charge is 2.42. The van der Waals surface area contributed by atoms with Crippen LogP contribution in [0.1, 0.15) is 17.2 Å². The van der Waals surface area contributed by atoms with Crippen LogP contribution >= 0.6 is 0 Å². The average molecular weight is 267 g/mol. The smallest absolute Gasteiger partial charge is 0.269 e. The molecule has 0 aromatic heterocycles. The van der Waals surface area contributed by atoms with Gasteiger partial charge < -0.3 is 4.74 Å². The molecule has 0 spiro atoms. The lowest BCUT2D eigenvalue weighted by Crippen LogP contribution is -1.94. The number of epoxide rings is 1. The van der Waals surface area contributed by atoms with Crippen molar-refractivity contribution >= 4 is 11.3 Å². The summed E-state index contributed by atoms with van der Waals surface area (Å²) in [5.41, 5.74) is 3.03. The minimum Gasteiger partial charge on any atom is -0.359 e. The number of hydrogen-bond acceptors (Lipinski definition) is 3. The Balaban J connectivity index is 1.73. The summed E-state index contributed by atoms with van der Waals surface area (Å²) in [6, 6.07) is 16.3. The number of ether oxygens (including phenoxy) is 1. The standard InChI is InChI=1S/C16H13NO3/c1-11(12-5-3-2-4-6-12)15-16(20-15)13-7-9-14(10-8-13)17(18)19/h2-10,15-16H,1H2/t15-,16-/m0/s1. The van der Waals surface area contributed by atoms with Gasteiger partial charge in [-0.15, -0.1) is 0 Å². The van der Waals surface area contributed by atoms with Gasteiger partial charge in [0.25, 0.3) is 5.69 Å². The molecule has 4 nitrogen and oxygen atoms in total. The molecule has 1 aliphatic heterocycles. The van der Waals surface area contributed by atoms with Crippen LogP contribution in [0.15, 0.2) is 61.2 Å². The minimum atomic E-state index is -0.405. The molecule has 0 unspecified atom stereocenters. The van der Waals surface area contributed by atoms with Crippen molar-refractivity contribution in [2.24, 2.45) is 0 Å². The van der Waals surface area contributed by atoms with Crippen molar-refractivity contribution in [1.82, 2.24) is 0 Å². The quantitative estimate of drug-likeness (QED) is 0.481. The summed E-state index contributed by atoms with van der Waals surface area (Å²) in [6.45, 7) is 4.08. The highest BCUT2D eigenvalue weighted by molar-refractivity contribution is 5.69. The molecular weight excluding hydrogens is 254 g/mol. The molecule has 4 heteroatoms. The van der Waals surface area contributed by atoms with Gasteiger partial charge in [-0.25, -0.2) is 0 Å². The Hall–Kier alpha value is -2.46. The zero-order valence-electron chi connectivity index (χ0n) is 10.7. The third-order valence-corrected chi connectivity index (χ3v) is 3.41. The van der Waals surface area contributed by atoms with E-state index in [0.717, 1.165) is 16.7 Å². The van der Waals surface area contributed by atoms with E-state index in [-0.39, 0.29) is 17.9 Å². The van der Waals surface area contributed by atoms with Gasteiger partial charge in [0.1, 0.15) is 12.2 Å². The first-order valence-corrected chi connectivity index (χ1v) is 6.31. The van der Waals surface area contributed by atoms with Crippen LogP contribution in [0.4, 0.5) is 5.69 Å². The van der Waals surface area contributed by atoms with Crippen LogP contribution in [0.5, 0.6) is 0 Å². The van der Waals surface area contributed by atoms with Crippen molar-refractivity contribution in [3.8, 4) is 0 Å². The molecule has 0 saturated carbocycles. The van der Waals surface area contributed by atoms with E-state index in [2.05, 4.69) is 6.58 Å². The van der Waals surface area contributed by atoms with Crippen LogP contribution in [-0.2, 0) is 4.74 Å². The second-order valence-corrected chi connectivity index (χ2v) is 4.72. The fraction of sp³-hybridized carbons (Fsp3) is 0.125. The molecule has 0 bridgehead atoms. The maximum Gasteiger partial charge on any atom is 0.269 e. The van der Waals surface area contributed by atoms with Gasteiger partial charge in [0, 0.05) is 12.1 Å². The van der Waals surface area contributed by atoms with Gasteiger partial charge in [-0.3, -0.25) is 10.1 Å². The topological polar surface area (TPSA) is 55.7 Å². The predicted octanol–water partition coefficient (Wildman–Crippen LogP) is 3.75. The van der Waals surface area contributed by atoms with Crippen molar-refractivity contribution in [2.75, 3.05) is 0 Å². The van der Waals surface area contributed by atoms with Gasteiger partial charge in [-0.05, 0) is 28.8 Å². The number of rotatable bonds is 4. The highest BCUT2D eigenvalue weighted by Crippen LogP contribution is 2.45. The Labute approximate surface area is 116 Å². The van der Waals surface area contributed by atoms with Crippen LogP contribution in [-0.4, -0.2) is 11.0 Å². The molecule has 2 aromatic carbocycles. The predicted molar refractivity (Wildman–Crippen MR) is 76.2 cm³/mol. The zero-order valence-corrected chi connectivity index (χ0v) is 10.7. The number of nitro groups is 1. The summed E-state index contributed by atoms with van der Waals surface area (Å²) in [6.07, 6.45) is -0.0950. The first-order chi connectivity index (χ1) is 9.66. The van der Waals surface area contributed by atoms with E-state index in [1.807, 2.05) is 30.3 Å². The van der Waals surface area contributed by atoms with Crippen molar-refractivity contribution in [3.63, 3.8) is 0 Å². The molecule has 0 aliphatic carbocycles. The molecule has 2 aromatic rings. The lowest BCUT2D eigenvalue weighted by atomic mass is 10.00. The minimum absolute atomic E-state index is 0.0427. The van der Waals surface area contributed by atoms with E-state index in [0.29, 0.717) is 0 Å². The van der Waals surface area contributed by atoms with Crippen LogP contribution in [0, 0.1) is 10.1 Å². The summed E-state index contributed by atoms with van der Waals surface area (Å²) >= 11 is 0. The van der Waals surface area contributed by atoms with Crippen molar-refractivity contribution < 1.29 is 9.66 Å². The Kier molecular flexibility index (Phi) is 3.08. The number of non-ortho nitro benzene ring substituents is 1. The van der Waals surface area contributed by atoms with E-state index in [4.69, 9.17) is 4.74 Å². The number of hydrogen-bond donors (Lipinski definition) is 0. The molecule has 1 fully saturated rings. The van der Waals surface area contributed by atoms with Gasteiger partial charge in [0.15, 0.2) is 0 Å². The van der Waals surface area contributed by atoms with Gasteiger partial charge in [0.05, 0.1) is 4.92 Å². The molecule has 100 valence electrons. The monoisotopic (exact) mass is 267 g/mol. The molecule has 2 atom stereocenters. The molecule has 1 heterocycles. The van der Waals surface area contributed by atoms with Crippen LogP contribution < -0.4 is 0 Å². The fourth-order valence-electron chi connectivity index (χ4n) is 2.23. The molecule has 1 saturated heterocycles. The maximum atomic E-state index is 10.6. The normalized spacial score (nSPS) is 20.4. The molecule has 3 rings (SSSR count). The van der Waals surface area contributed by atoms with Crippen LogP contribution in [0.3, 0.4) is 0 Å². The zero-order chi connectivity index (χ0) is 14.1. The second kappa shape index (κ2) is 4.90. The van der Waals surface area contributed by atoms with Gasteiger partial charge in [-0.2, -0.15) is 0 Å². The number of nitro benzene ring substituents is 1. The first-order valence-electron chi connectivity index (χ1n) is 6.31.